The van der Waals surface area contributed by atoms with Gasteiger partial charge in [-0.3, -0.25) is 19.3 Å². The van der Waals surface area contributed by atoms with Crippen molar-refractivity contribution >= 4 is 40.9 Å². The van der Waals surface area contributed by atoms with E-state index in [9.17, 15) is 19.2 Å². The van der Waals surface area contributed by atoms with Gasteiger partial charge in [-0.15, -0.1) is 0 Å². The van der Waals surface area contributed by atoms with Gasteiger partial charge in [-0.1, -0.05) is 0 Å². The molecular weight excluding hydrogens is 432 g/mol. The topological polar surface area (TPSA) is 94.9 Å². The highest BCUT2D eigenvalue weighted by molar-refractivity contribution is 8.18. The molecule has 0 unspecified atom stereocenters. The van der Waals surface area contributed by atoms with Gasteiger partial charge < -0.3 is 14.0 Å². The maximum atomic E-state index is 12.7. The number of hydrogen-bond donors (Lipinski definition) is 0. The van der Waals surface area contributed by atoms with Gasteiger partial charge in [0.1, 0.15) is 6.54 Å². The van der Waals surface area contributed by atoms with Crippen LogP contribution in [0.15, 0.2) is 29.2 Å². The molecule has 168 valence electrons. The zero-order valence-corrected chi connectivity index (χ0v) is 19.4. The standard InChI is InChI=1S/C23H24N2O6S/c1-6-31-20(26)12-24-21(27)19(32-23(24)29)11-17-10-14(3)25(15(17)4)18-8-7-16(9-13(18)2)22(28)30-5/h7-11H,6,12H2,1-5H3/b19-11+. The van der Waals surface area contributed by atoms with Crippen LogP contribution in [0.4, 0.5) is 4.79 Å². The van der Waals surface area contributed by atoms with Crippen molar-refractivity contribution in [1.82, 2.24) is 9.47 Å². The molecule has 2 aromatic rings. The van der Waals surface area contributed by atoms with Gasteiger partial charge in [0.25, 0.3) is 11.1 Å². The van der Waals surface area contributed by atoms with Crippen molar-refractivity contribution in [3.63, 3.8) is 0 Å². The highest BCUT2D eigenvalue weighted by Gasteiger charge is 2.36. The van der Waals surface area contributed by atoms with E-state index in [1.807, 2.05) is 37.5 Å². The second-order valence-corrected chi connectivity index (χ2v) is 8.22. The second kappa shape index (κ2) is 9.44. The van der Waals surface area contributed by atoms with E-state index in [0.29, 0.717) is 5.56 Å². The average Bonchev–Trinajstić information content (AvgIpc) is 3.17. The lowest BCUT2D eigenvalue weighted by Crippen LogP contribution is -2.34. The number of benzene rings is 1. The molecule has 0 atom stereocenters. The van der Waals surface area contributed by atoms with Crippen LogP contribution in [-0.2, 0) is 19.1 Å². The lowest BCUT2D eigenvalue weighted by atomic mass is 10.1. The van der Waals surface area contributed by atoms with E-state index < -0.39 is 29.6 Å². The van der Waals surface area contributed by atoms with E-state index in [-0.39, 0.29) is 11.5 Å². The number of rotatable bonds is 6. The fraction of sp³-hybridized carbons (Fsp3) is 0.304. The first-order chi connectivity index (χ1) is 15.2. The Bertz CT molecular complexity index is 1150. The molecular formula is C23H24N2O6S. The smallest absolute Gasteiger partial charge is 0.337 e. The van der Waals surface area contributed by atoms with Gasteiger partial charge in [-0.05, 0) is 80.9 Å². The van der Waals surface area contributed by atoms with Crippen LogP contribution < -0.4 is 0 Å². The minimum absolute atomic E-state index is 0.177. The SMILES string of the molecule is CCOC(=O)CN1C(=O)S/C(=C/c2cc(C)n(-c3ccc(C(=O)OC)cc3C)c2C)C1=O. The highest BCUT2D eigenvalue weighted by atomic mass is 32.2. The second-order valence-electron chi connectivity index (χ2n) is 7.23. The molecule has 1 aromatic heterocycles. The van der Waals surface area contributed by atoms with Gasteiger partial charge in [0.2, 0.25) is 0 Å². The summed E-state index contributed by atoms with van der Waals surface area (Å²) in [6.07, 6.45) is 1.66. The van der Waals surface area contributed by atoms with Crippen LogP contribution in [-0.4, -0.2) is 52.8 Å². The minimum atomic E-state index is -0.625. The molecule has 0 radical (unpaired) electrons. The fourth-order valence-corrected chi connectivity index (χ4v) is 4.40. The van der Waals surface area contributed by atoms with E-state index in [1.165, 1.54) is 7.11 Å². The molecule has 0 saturated carbocycles. The number of imide groups is 1. The molecule has 8 nitrogen and oxygen atoms in total. The van der Waals surface area contributed by atoms with Crippen molar-refractivity contribution in [2.45, 2.75) is 27.7 Å². The summed E-state index contributed by atoms with van der Waals surface area (Å²) in [7, 11) is 1.34. The summed E-state index contributed by atoms with van der Waals surface area (Å²) in [4.78, 5) is 49.6. The lowest BCUT2D eigenvalue weighted by Gasteiger charge is -2.14. The zero-order valence-electron chi connectivity index (χ0n) is 18.6. The van der Waals surface area contributed by atoms with Gasteiger partial charge in [0, 0.05) is 17.1 Å². The third-order valence-corrected chi connectivity index (χ3v) is 5.99. The molecule has 32 heavy (non-hydrogen) atoms. The van der Waals surface area contributed by atoms with Crippen LogP contribution >= 0.6 is 11.8 Å². The average molecular weight is 457 g/mol. The van der Waals surface area contributed by atoms with Crippen molar-refractivity contribution < 1.29 is 28.7 Å². The van der Waals surface area contributed by atoms with E-state index in [1.54, 1.807) is 25.1 Å². The molecule has 0 N–H and O–H groups in total. The predicted octanol–water partition coefficient (Wildman–Crippen LogP) is 3.79. The Morgan fingerprint density at radius 2 is 1.84 bits per heavy atom. The van der Waals surface area contributed by atoms with Crippen LogP contribution in [0.1, 0.15) is 39.8 Å². The number of carbonyl (C=O) groups is 4. The van der Waals surface area contributed by atoms with E-state index in [2.05, 4.69) is 0 Å². The van der Waals surface area contributed by atoms with Gasteiger partial charge in [-0.25, -0.2) is 4.79 Å². The normalized spacial score (nSPS) is 14.9. The number of carbonyl (C=O) groups excluding carboxylic acids is 4. The molecule has 2 amide bonds. The van der Waals surface area contributed by atoms with Crippen molar-refractivity contribution in [1.29, 1.82) is 0 Å². The lowest BCUT2D eigenvalue weighted by molar-refractivity contribution is -0.145. The first-order valence-corrected chi connectivity index (χ1v) is 10.8. The summed E-state index contributed by atoms with van der Waals surface area (Å²) < 4.78 is 11.6. The maximum absolute atomic E-state index is 12.7. The minimum Gasteiger partial charge on any atom is -0.465 e. The molecule has 3 rings (SSSR count). The molecule has 2 heterocycles. The first kappa shape index (κ1) is 23.3. The highest BCUT2D eigenvalue weighted by Crippen LogP contribution is 2.34. The number of ether oxygens (including phenoxy) is 2. The van der Waals surface area contributed by atoms with Crippen molar-refractivity contribution in [3.05, 3.63) is 57.2 Å². The molecule has 1 fully saturated rings. The molecule has 1 aliphatic rings. The summed E-state index contributed by atoms with van der Waals surface area (Å²) in [6, 6.07) is 7.23. The molecule has 9 heteroatoms. The van der Waals surface area contributed by atoms with Crippen molar-refractivity contribution in [2.24, 2.45) is 0 Å². The third-order valence-electron chi connectivity index (χ3n) is 5.08. The van der Waals surface area contributed by atoms with Gasteiger partial charge in [0.05, 0.1) is 24.2 Å². The fourth-order valence-electron chi connectivity index (χ4n) is 3.57. The van der Waals surface area contributed by atoms with E-state index in [4.69, 9.17) is 9.47 Å². The number of esters is 2. The number of aryl methyl sites for hydroxylation is 2. The van der Waals surface area contributed by atoms with Gasteiger partial charge in [0.15, 0.2) is 0 Å². The molecule has 1 aromatic carbocycles. The Labute approximate surface area is 190 Å². The molecule has 0 aliphatic carbocycles. The van der Waals surface area contributed by atoms with Crippen LogP contribution in [0, 0.1) is 20.8 Å². The predicted molar refractivity (Wildman–Crippen MR) is 121 cm³/mol. The number of methoxy groups -OCH3 is 1. The quantitative estimate of drug-likeness (QED) is 0.482. The third kappa shape index (κ3) is 4.47. The van der Waals surface area contributed by atoms with Crippen LogP contribution in [0.3, 0.4) is 0 Å². The number of hydrogen-bond acceptors (Lipinski definition) is 7. The number of amides is 2. The Morgan fingerprint density at radius 3 is 2.47 bits per heavy atom. The summed E-state index contributed by atoms with van der Waals surface area (Å²) in [6.45, 7) is 7.19. The summed E-state index contributed by atoms with van der Waals surface area (Å²) in [5, 5.41) is -0.502. The maximum Gasteiger partial charge on any atom is 0.337 e. The Hall–Kier alpha value is -3.33. The summed E-state index contributed by atoms with van der Waals surface area (Å²) >= 11 is 0.797. The summed E-state index contributed by atoms with van der Waals surface area (Å²) in [5.41, 5.74) is 4.81. The number of aromatic nitrogens is 1. The van der Waals surface area contributed by atoms with Crippen LogP contribution in [0.5, 0.6) is 0 Å². The zero-order chi connectivity index (χ0) is 23.6. The van der Waals surface area contributed by atoms with Gasteiger partial charge in [-0.2, -0.15) is 0 Å². The molecule has 1 saturated heterocycles. The Morgan fingerprint density at radius 1 is 1.12 bits per heavy atom. The van der Waals surface area contributed by atoms with E-state index >= 15 is 0 Å². The van der Waals surface area contributed by atoms with Crippen LogP contribution in [0.2, 0.25) is 0 Å². The van der Waals surface area contributed by atoms with E-state index in [0.717, 1.165) is 44.9 Å². The molecule has 1 aliphatic heterocycles. The number of thioether (sulfide) groups is 1. The molecule has 0 spiro atoms. The van der Waals surface area contributed by atoms with Gasteiger partial charge >= 0.3 is 11.9 Å². The van der Waals surface area contributed by atoms with Crippen molar-refractivity contribution in [3.8, 4) is 5.69 Å². The first-order valence-electron chi connectivity index (χ1n) is 9.97. The van der Waals surface area contributed by atoms with Crippen molar-refractivity contribution in [2.75, 3.05) is 20.3 Å². The largest absolute Gasteiger partial charge is 0.465 e. The Balaban J connectivity index is 1.92. The van der Waals surface area contributed by atoms with Crippen LogP contribution in [0.25, 0.3) is 11.8 Å². The molecule has 0 bridgehead atoms. The Kier molecular flexibility index (Phi) is 6.88. The monoisotopic (exact) mass is 456 g/mol. The number of nitrogens with zero attached hydrogens (tertiary/aromatic N) is 2. The summed E-state index contributed by atoms with van der Waals surface area (Å²) in [5.74, 6) is -1.54.